The normalized spacial score (nSPS) is 18.7. The maximum atomic E-state index is 11.5. The van der Waals surface area contributed by atoms with Gasteiger partial charge in [0.1, 0.15) is 6.10 Å². The second-order valence-electron chi connectivity index (χ2n) is 4.91. The molecule has 0 aliphatic carbocycles. The lowest BCUT2D eigenvalue weighted by atomic mass is 9.99. The minimum atomic E-state index is -1.03. The van der Waals surface area contributed by atoms with Crippen molar-refractivity contribution in [2.75, 3.05) is 6.26 Å². The second-order valence-corrected chi connectivity index (χ2v) is 7.10. The van der Waals surface area contributed by atoms with Crippen LogP contribution in [-0.2, 0) is 17.2 Å². The summed E-state index contributed by atoms with van der Waals surface area (Å²) >= 11 is 12.0. The molecule has 0 radical (unpaired) electrons. The summed E-state index contributed by atoms with van der Waals surface area (Å²) in [5.74, 6) is 0.603. The Morgan fingerprint density at radius 1 is 1.29 bits per heavy atom. The Morgan fingerprint density at radius 3 is 2.81 bits per heavy atom. The molecule has 1 aromatic heterocycles. The zero-order chi connectivity index (χ0) is 15.0. The molecule has 3 rings (SSSR count). The van der Waals surface area contributed by atoms with Crippen LogP contribution in [0.3, 0.4) is 0 Å². The van der Waals surface area contributed by atoms with Crippen molar-refractivity contribution < 1.29 is 8.95 Å². The number of aryl methyl sites for hydroxylation is 1. The molecule has 0 unspecified atom stereocenters. The summed E-state index contributed by atoms with van der Waals surface area (Å²) in [5, 5.41) is 1.05. The maximum Gasteiger partial charge on any atom is 0.217 e. The van der Waals surface area contributed by atoms with Gasteiger partial charge in [-0.05, 0) is 36.6 Å². The Kier molecular flexibility index (Phi) is 4.20. The van der Waals surface area contributed by atoms with Crippen molar-refractivity contribution in [2.24, 2.45) is 0 Å². The number of hydrogen-bond acceptors (Lipinski definition) is 3. The molecule has 110 valence electrons. The average Bonchev–Trinajstić information content (AvgIpc) is 2.49. The van der Waals surface area contributed by atoms with Crippen molar-refractivity contribution in [3.63, 3.8) is 0 Å². The molecule has 2 heterocycles. The largest absolute Gasteiger partial charge is 0.469 e. The fourth-order valence-corrected chi connectivity index (χ4v) is 3.16. The molecule has 0 N–H and O–H groups in total. The summed E-state index contributed by atoms with van der Waals surface area (Å²) in [6, 6.07) is 7.42. The Bertz CT molecular complexity index is 721. The third kappa shape index (κ3) is 3.07. The van der Waals surface area contributed by atoms with Crippen LogP contribution >= 0.6 is 23.2 Å². The molecule has 2 aromatic rings. The Hall–Kier alpha value is -1.10. The van der Waals surface area contributed by atoms with Crippen LogP contribution in [0, 0.1) is 0 Å². The van der Waals surface area contributed by atoms with Crippen LogP contribution in [0.4, 0.5) is 0 Å². The van der Waals surface area contributed by atoms with Gasteiger partial charge in [-0.2, -0.15) is 0 Å². The molecule has 0 fully saturated rings. The van der Waals surface area contributed by atoms with Crippen LogP contribution in [0.2, 0.25) is 10.0 Å². The molecule has 0 saturated heterocycles. The van der Waals surface area contributed by atoms with Crippen molar-refractivity contribution >= 4 is 34.0 Å². The zero-order valence-corrected chi connectivity index (χ0v) is 13.6. The number of hydrogen-bond donors (Lipinski definition) is 0. The molecule has 1 aliphatic heterocycles. The molecule has 1 aliphatic rings. The minimum Gasteiger partial charge on any atom is -0.469 e. The topological polar surface area (TPSA) is 39.2 Å². The molecule has 0 bridgehead atoms. The number of ether oxygens (including phenoxy) is 1. The highest BCUT2D eigenvalue weighted by Gasteiger charge is 2.23. The molecular formula is C15H13Cl2NO2S. The summed E-state index contributed by atoms with van der Waals surface area (Å²) in [4.78, 5) is 5.01. The Labute approximate surface area is 135 Å². The van der Waals surface area contributed by atoms with Gasteiger partial charge < -0.3 is 4.74 Å². The van der Waals surface area contributed by atoms with Gasteiger partial charge in [-0.25, -0.2) is 4.98 Å². The fourth-order valence-electron chi connectivity index (χ4n) is 2.35. The number of aromatic nitrogens is 1. The number of pyridine rings is 1. The lowest BCUT2D eigenvalue weighted by molar-refractivity contribution is 0.167. The lowest BCUT2D eigenvalue weighted by Crippen LogP contribution is -2.16. The summed E-state index contributed by atoms with van der Waals surface area (Å²) in [7, 11) is -1.03. The number of rotatable bonds is 2. The first-order chi connectivity index (χ1) is 10.0. The van der Waals surface area contributed by atoms with Crippen molar-refractivity contribution in [3.05, 3.63) is 51.6 Å². The Balaban J connectivity index is 1.87. The van der Waals surface area contributed by atoms with E-state index in [1.165, 1.54) is 0 Å². The number of benzene rings is 1. The monoisotopic (exact) mass is 341 g/mol. The number of halogens is 2. The lowest BCUT2D eigenvalue weighted by Gasteiger charge is -2.25. The number of fused-ring (bicyclic) bond motifs is 1. The van der Waals surface area contributed by atoms with E-state index in [0.29, 0.717) is 15.9 Å². The van der Waals surface area contributed by atoms with Crippen LogP contribution in [0.25, 0.3) is 0 Å². The van der Waals surface area contributed by atoms with Crippen LogP contribution in [-0.4, -0.2) is 15.4 Å². The summed E-state index contributed by atoms with van der Waals surface area (Å²) in [5.41, 5.74) is 1.99. The fraction of sp³-hybridized carbons (Fsp3) is 0.267. The molecule has 1 aromatic carbocycles. The van der Waals surface area contributed by atoms with Gasteiger partial charge in [-0.3, -0.25) is 4.21 Å². The summed E-state index contributed by atoms with van der Waals surface area (Å²) < 4.78 is 17.4. The van der Waals surface area contributed by atoms with Gasteiger partial charge in [0, 0.05) is 18.0 Å². The second kappa shape index (κ2) is 5.95. The SMILES string of the molecule is C[S@](=O)c1cnc2c(c1)CC[C@@H](c1ccc(Cl)c(Cl)c1)O2. The molecule has 0 spiro atoms. The minimum absolute atomic E-state index is 0.0854. The third-order valence-corrected chi connectivity index (χ3v) is 5.10. The molecule has 3 nitrogen and oxygen atoms in total. The van der Waals surface area contributed by atoms with Gasteiger partial charge in [0.2, 0.25) is 5.88 Å². The van der Waals surface area contributed by atoms with Crippen molar-refractivity contribution in [3.8, 4) is 5.88 Å². The highest BCUT2D eigenvalue weighted by Crippen LogP contribution is 2.35. The third-order valence-electron chi connectivity index (χ3n) is 3.48. The average molecular weight is 342 g/mol. The first-order valence-corrected chi connectivity index (χ1v) is 8.80. The van der Waals surface area contributed by atoms with Crippen LogP contribution in [0.1, 0.15) is 23.7 Å². The summed E-state index contributed by atoms with van der Waals surface area (Å²) in [6.07, 6.45) is 4.82. The van der Waals surface area contributed by atoms with E-state index in [1.54, 1.807) is 18.5 Å². The van der Waals surface area contributed by atoms with Gasteiger partial charge in [0.15, 0.2) is 0 Å². The van der Waals surface area contributed by atoms with Crippen molar-refractivity contribution in [1.29, 1.82) is 0 Å². The van der Waals surface area contributed by atoms with E-state index in [4.69, 9.17) is 27.9 Å². The van der Waals surface area contributed by atoms with Gasteiger partial charge in [0.25, 0.3) is 0 Å². The van der Waals surface area contributed by atoms with E-state index >= 15 is 0 Å². The highest BCUT2D eigenvalue weighted by atomic mass is 35.5. The Morgan fingerprint density at radius 2 is 2.10 bits per heavy atom. The van der Waals surface area contributed by atoms with Crippen LogP contribution in [0.15, 0.2) is 35.4 Å². The first kappa shape index (κ1) is 14.8. The van der Waals surface area contributed by atoms with E-state index in [1.807, 2.05) is 18.2 Å². The number of nitrogens with zero attached hydrogens (tertiary/aromatic N) is 1. The van der Waals surface area contributed by atoms with E-state index < -0.39 is 10.8 Å². The predicted octanol–water partition coefficient (Wildman–Crippen LogP) is 4.19. The van der Waals surface area contributed by atoms with Crippen molar-refractivity contribution in [1.82, 2.24) is 4.98 Å². The molecular weight excluding hydrogens is 329 g/mol. The smallest absolute Gasteiger partial charge is 0.217 e. The standard InChI is InChI=1S/C15H13Cl2NO2S/c1-21(19)11-6-10-3-5-14(20-15(10)18-8-11)9-2-4-12(16)13(17)7-9/h2,4,6-8,14H,3,5H2,1H3/t14-,21-/m0/s1. The quantitative estimate of drug-likeness (QED) is 0.821. The van der Waals surface area contributed by atoms with Gasteiger partial charge >= 0.3 is 0 Å². The first-order valence-electron chi connectivity index (χ1n) is 6.48. The molecule has 2 atom stereocenters. The summed E-state index contributed by atoms with van der Waals surface area (Å²) in [6.45, 7) is 0. The van der Waals surface area contributed by atoms with Gasteiger partial charge in [0.05, 0.1) is 25.7 Å². The zero-order valence-electron chi connectivity index (χ0n) is 11.3. The van der Waals surface area contributed by atoms with E-state index in [-0.39, 0.29) is 6.10 Å². The van der Waals surface area contributed by atoms with Crippen molar-refractivity contribution in [2.45, 2.75) is 23.8 Å². The van der Waals surface area contributed by atoms with Crippen LogP contribution in [0.5, 0.6) is 5.88 Å². The van der Waals surface area contributed by atoms with E-state index in [0.717, 1.165) is 28.9 Å². The molecule has 0 saturated carbocycles. The van der Waals surface area contributed by atoms with E-state index in [2.05, 4.69) is 4.98 Å². The van der Waals surface area contributed by atoms with E-state index in [9.17, 15) is 4.21 Å². The predicted molar refractivity (Wildman–Crippen MR) is 84.7 cm³/mol. The highest BCUT2D eigenvalue weighted by molar-refractivity contribution is 7.84. The molecule has 6 heteroatoms. The maximum absolute atomic E-state index is 11.5. The molecule has 0 amide bonds. The van der Waals surface area contributed by atoms with Crippen LogP contribution < -0.4 is 4.74 Å². The van der Waals surface area contributed by atoms with Gasteiger partial charge in [-0.1, -0.05) is 29.3 Å². The van der Waals surface area contributed by atoms with Gasteiger partial charge in [-0.15, -0.1) is 0 Å². The molecule has 21 heavy (non-hydrogen) atoms.